The van der Waals surface area contributed by atoms with Crippen molar-refractivity contribution in [3.8, 4) is 11.5 Å². The minimum atomic E-state index is 0.294. The summed E-state index contributed by atoms with van der Waals surface area (Å²) in [5, 5.41) is 11.9. The summed E-state index contributed by atoms with van der Waals surface area (Å²) in [6.45, 7) is 3.39. The van der Waals surface area contributed by atoms with Gasteiger partial charge in [-0.1, -0.05) is 5.21 Å². The van der Waals surface area contributed by atoms with Crippen molar-refractivity contribution in [3.63, 3.8) is 0 Å². The van der Waals surface area contributed by atoms with Gasteiger partial charge in [0.25, 0.3) is 0 Å². The fraction of sp³-hybridized carbons (Fsp3) is 0.538. The zero-order valence-corrected chi connectivity index (χ0v) is 10.6. The Hall–Kier alpha value is -1.82. The normalized spacial score (nSPS) is 22.0. The van der Waals surface area contributed by atoms with Crippen molar-refractivity contribution >= 4 is 11.0 Å². The molecule has 19 heavy (non-hydrogen) atoms. The lowest BCUT2D eigenvalue weighted by molar-refractivity contribution is 0.174. The van der Waals surface area contributed by atoms with Gasteiger partial charge in [0.05, 0.1) is 5.52 Å². The highest BCUT2D eigenvalue weighted by molar-refractivity contribution is 5.79. The molecule has 0 radical (unpaired) electrons. The highest BCUT2D eigenvalue weighted by Gasteiger charge is 2.19. The molecule has 0 amide bonds. The lowest BCUT2D eigenvalue weighted by atomic mass is 10.00. The fourth-order valence-corrected chi connectivity index (χ4v) is 2.82. The van der Waals surface area contributed by atoms with Gasteiger partial charge in [0.1, 0.15) is 5.52 Å². The van der Waals surface area contributed by atoms with Gasteiger partial charge < -0.3 is 14.8 Å². The SMILES string of the molecule is c1c2c(cc3c1nnn3CC1CCCNC1)OCO2. The van der Waals surface area contributed by atoms with Crippen molar-refractivity contribution in [3.05, 3.63) is 12.1 Å². The van der Waals surface area contributed by atoms with Crippen LogP contribution < -0.4 is 14.8 Å². The lowest BCUT2D eigenvalue weighted by Gasteiger charge is -2.22. The minimum Gasteiger partial charge on any atom is -0.454 e. The standard InChI is InChI=1S/C13H16N4O2/c1-2-9(6-14-3-1)7-17-11-5-13-12(18-8-19-13)4-10(11)15-16-17/h4-5,9,14H,1-3,6-8H2. The third-order valence-electron chi connectivity index (χ3n) is 3.84. The largest absolute Gasteiger partial charge is 0.454 e. The maximum absolute atomic E-state index is 5.42. The first-order valence-electron chi connectivity index (χ1n) is 6.74. The monoisotopic (exact) mass is 260 g/mol. The second-order valence-corrected chi connectivity index (χ2v) is 5.18. The van der Waals surface area contributed by atoms with E-state index in [-0.39, 0.29) is 0 Å². The second kappa shape index (κ2) is 4.38. The van der Waals surface area contributed by atoms with Crippen molar-refractivity contribution in [1.29, 1.82) is 0 Å². The number of ether oxygens (including phenoxy) is 2. The van der Waals surface area contributed by atoms with E-state index in [1.54, 1.807) is 0 Å². The van der Waals surface area contributed by atoms with E-state index in [4.69, 9.17) is 9.47 Å². The van der Waals surface area contributed by atoms with E-state index in [0.717, 1.165) is 42.2 Å². The number of hydrogen-bond donors (Lipinski definition) is 1. The Balaban J connectivity index is 1.66. The van der Waals surface area contributed by atoms with Gasteiger partial charge in [-0.15, -0.1) is 5.10 Å². The molecular weight excluding hydrogens is 244 g/mol. The molecule has 4 rings (SSSR count). The molecule has 0 bridgehead atoms. The van der Waals surface area contributed by atoms with Crippen LogP contribution in [-0.2, 0) is 6.54 Å². The van der Waals surface area contributed by atoms with Crippen molar-refractivity contribution in [2.45, 2.75) is 19.4 Å². The molecule has 2 aliphatic rings. The predicted octanol–water partition coefficient (Wildman–Crippen LogP) is 1.16. The summed E-state index contributed by atoms with van der Waals surface area (Å²) in [5.74, 6) is 2.18. The summed E-state index contributed by atoms with van der Waals surface area (Å²) in [4.78, 5) is 0. The van der Waals surface area contributed by atoms with Crippen molar-refractivity contribution in [2.75, 3.05) is 19.9 Å². The van der Waals surface area contributed by atoms with Crippen LogP contribution in [0.1, 0.15) is 12.8 Å². The molecule has 100 valence electrons. The molecule has 3 heterocycles. The molecule has 1 aromatic heterocycles. The van der Waals surface area contributed by atoms with E-state index in [0.29, 0.717) is 12.7 Å². The molecular formula is C13H16N4O2. The van der Waals surface area contributed by atoms with E-state index < -0.39 is 0 Å². The molecule has 1 aromatic carbocycles. The smallest absolute Gasteiger partial charge is 0.231 e. The number of fused-ring (bicyclic) bond motifs is 2. The fourth-order valence-electron chi connectivity index (χ4n) is 2.82. The van der Waals surface area contributed by atoms with E-state index in [9.17, 15) is 0 Å². The number of benzene rings is 1. The van der Waals surface area contributed by atoms with Crippen LogP contribution in [0.15, 0.2) is 12.1 Å². The number of nitrogens with zero attached hydrogens (tertiary/aromatic N) is 3. The van der Waals surface area contributed by atoms with E-state index in [2.05, 4.69) is 15.6 Å². The van der Waals surface area contributed by atoms with Gasteiger partial charge in [-0.05, 0) is 31.8 Å². The second-order valence-electron chi connectivity index (χ2n) is 5.18. The molecule has 6 nitrogen and oxygen atoms in total. The maximum atomic E-state index is 5.42. The molecule has 1 N–H and O–H groups in total. The van der Waals surface area contributed by atoms with Crippen molar-refractivity contribution in [1.82, 2.24) is 20.3 Å². The van der Waals surface area contributed by atoms with Gasteiger partial charge >= 0.3 is 0 Å². The Labute approximate surface area is 110 Å². The number of hydrogen-bond acceptors (Lipinski definition) is 5. The van der Waals surface area contributed by atoms with Crippen LogP contribution in [0.25, 0.3) is 11.0 Å². The van der Waals surface area contributed by atoms with Gasteiger partial charge in [-0.25, -0.2) is 4.68 Å². The zero-order chi connectivity index (χ0) is 12.7. The van der Waals surface area contributed by atoms with Gasteiger partial charge in [0.2, 0.25) is 6.79 Å². The predicted molar refractivity (Wildman–Crippen MR) is 69.2 cm³/mol. The van der Waals surface area contributed by atoms with Crippen LogP contribution in [0.5, 0.6) is 11.5 Å². The van der Waals surface area contributed by atoms with Crippen molar-refractivity contribution < 1.29 is 9.47 Å². The Kier molecular flexibility index (Phi) is 2.55. The molecule has 2 aliphatic heterocycles. The molecule has 6 heteroatoms. The Morgan fingerprint density at radius 2 is 2.21 bits per heavy atom. The van der Waals surface area contributed by atoms with Gasteiger partial charge in [-0.3, -0.25) is 0 Å². The lowest BCUT2D eigenvalue weighted by Crippen LogP contribution is -2.32. The first-order valence-corrected chi connectivity index (χ1v) is 6.74. The highest BCUT2D eigenvalue weighted by atomic mass is 16.7. The molecule has 1 unspecified atom stereocenters. The Bertz CT molecular complexity index is 604. The molecule has 1 saturated heterocycles. The molecule has 1 atom stereocenters. The number of piperidine rings is 1. The summed E-state index contributed by atoms with van der Waals surface area (Å²) in [5.41, 5.74) is 1.89. The molecule has 0 spiro atoms. The number of aromatic nitrogens is 3. The van der Waals surface area contributed by atoms with E-state index in [1.165, 1.54) is 12.8 Å². The van der Waals surface area contributed by atoms with Gasteiger partial charge in [-0.2, -0.15) is 0 Å². The van der Waals surface area contributed by atoms with Crippen LogP contribution in [0.3, 0.4) is 0 Å². The summed E-state index contributed by atoms with van der Waals surface area (Å²) < 4.78 is 12.8. The third kappa shape index (κ3) is 1.92. The van der Waals surface area contributed by atoms with Gasteiger partial charge in [0, 0.05) is 18.7 Å². The Morgan fingerprint density at radius 1 is 1.32 bits per heavy atom. The quantitative estimate of drug-likeness (QED) is 0.878. The average Bonchev–Trinajstić information content (AvgIpc) is 3.05. The number of nitrogens with one attached hydrogen (secondary N) is 1. The topological polar surface area (TPSA) is 61.2 Å². The molecule has 2 aromatic rings. The first kappa shape index (κ1) is 11.0. The van der Waals surface area contributed by atoms with Crippen LogP contribution in [0.4, 0.5) is 0 Å². The summed E-state index contributed by atoms with van der Waals surface area (Å²) in [6, 6.07) is 3.88. The highest BCUT2D eigenvalue weighted by Crippen LogP contribution is 2.35. The maximum Gasteiger partial charge on any atom is 0.231 e. The van der Waals surface area contributed by atoms with Crippen LogP contribution in [-0.4, -0.2) is 34.9 Å². The first-order chi connectivity index (χ1) is 9.40. The Morgan fingerprint density at radius 3 is 3.05 bits per heavy atom. The van der Waals surface area contributed by atoms with E-state index >= 15 is 0 Å². The summed E-state index contributed by atoms with van der Waals surface area (Å²) in [7, 11) is 0. The molecule has 1 fully saturated rings. The number of rotatable bonds is 2. The summed E-state index contributed by atoms with van der Waals surface area (Å²) in [6.07, 6.45) is 2.49. The molecule has 0 saturated carbocycles. The third-order valence-corrected chi connectivity index (χ3v) is 3.84. The van der Waals surface area contributed by atoms with Crippen molar-refractivity contribution in [2.24, 2.45) is 5.92 Å². The zero-order valence-electron chi connectivity index (χ0n) is 10.6. The van der Waals surface area contributed by atoms with Crippen LogP contribution in [0.2, 0.25) is 0 Å². The van der Waals surface area contributed by atoms with Crippen LogP contribution in [0, 0.1) is 5.92 Å². The minimum absolute atomic E-state index is 0.294. The van der Waals surface area contributed by atoms with Crippen LogP contribution >= 0.6 is 0 Å². The summed E-state index contributed by atoms with van der Waals surface area (Å²) >= 11 is 0. The molecule has 0 aliphatic carbocycles. The van der Waals surface area contributed by atoms with E-state index in [1.807, 2.05) is 16.8 Å². The average molecular weight is 260 g/mol. The van der Waals surface area contributed by atoms with Gasteiger partial charge in [0.15, 0.2) is 11.5 Å².